The first-order chi connectivity index (χ1) is 5.75. The third-order valence-corrected chi connectivity index (χ3v) is 2.39. The van der Waals surface area contributed by atoms with Crippen molar-refractivity contribution in [2.75, 3.05) is 0 Å². The minimum absolute atomic E-state index is 0.118. The summed E-state index contributed by atoms with van der Waals surface area (Å²) in [6.07, 6.45) is 4.35. The molecule has 1 aromatic heterocycles. The quantitative estimate of drug-likeness (QED) is 0.700. The zero-order valence-corrected chi connectivity index (χ0v) is 7.43. The number of aromatic nitrogens is 2. The van der Waals surface area contributed by atoms with E-state index in [-0.39, 0.29) is 5.56 Å². The summed E-state index contributed by atoms with van der Waals surface area (Å²) < 4.78 is 2.46. The Hall–Kier alpha value is -0.900. The molecule has 0 aliphatic heterocycles. The van der Waals surface area contributed by atoms with E-state index in [4.69, 9.17) is 12.2 Å². The van der Waals surface area contributed by atoms with E-state index in [1.165, 1.54) is 18.9 Å². The summed E-state index contributed by atoms with van der Waals surface area (Å²) >= 11 is 4.99. The first kappa shape index (κ1) is 7.73. The van der Waals surface area contributed by atoms with E-state index >= 15 is 0 Å². The predicted molar refractivity (Wildman–Crippen MR) is 48.6 cm³/mol. The van der Waals surface area contributed by atoms with Crippen molar-refractivity contribution in [3.8, 4) is 0 Å². The number of hydrogen-bond acceptors (Lipinski definition) is 2. The normalized spacial score (nSPS) is 16.3. The van der Waals surface area contributed by atoms with Gasteiger partial charge < -0.3 is 4.57 Å². The molecule has 3 nitrogen and oxygen atoms in total. The fourth-order valence-corrected chi connectivity index (χ4v) is 1.40. The Morgan fingerprint density at radius 1 is 1.67 bits per heavy atom. The fraction of sp³-hybridized carbons (Fsp3) is 0.500. The number of H-pyrrole nitrogens is 1. The van der Waals surface area contributed by atoms with Crippen LogP contribution in [-0.4, -0.2) is 9.55 Å². The molecule has 0 aromatic carbocycles. The highest BCUT2D eigenvalue weighted by Crippen LogP contribution is 2.30. The van der Waals surface area contributed by atoms with Gasteiger partial charge in [0.2, 0.25) is 0 Å². The minimum Gasteiger partial charge on any atom is -0.325 e. The molecule has 0 spiro atoms. The third kappa shape index (κ3) is 1.64. The van der Waals surface area contributed by atoms with Crippen LogP contribution in [0.5, 0.6) is 0 Å². The summed E-state index contributed by atoms with van der Waals surface area (Å²) in [7, 11) is 0. The number of hydrogen-bond donors (Lipinski definition) is 1. The maximum Gasteiger partial charge on any atom is 0.251 e. The van der Waals surface area contributed by atoms with Crippen molar-refractivity contribution in [3.63, 3.8) is 0 Å². The standard InChI is InChI=1S/C8H10N2OS/c11-7-3-4-10(8(12)9-7)5-6-1-2-6/h3-4,6H,1-2,5H2,(H,9,11,12). The topological polar surface area (TPSA) is 37.8 Å². The molecule has 1 aliphatic rings. The number of nitrogens with zero attached hydrogens (tertiary/aromatic N) is 1. The monoisotopic (exact) mass is 182 g/mol. The van der Waals surface area contributed by atoms with E-state index in [0.717, 1.165) is 12.5 Å². The minimum atomic E-state index is -0.118. The van der Waals surface area contributed by atoms with Gasteiger partial charge in [-0.1, -0.05) is 0 Å². The molecule has 1 aliphatic carbocycles. The second kappa shape index (κ2) is 2.86. The Bertz CT molecular complexity index is 389. The Morgan fingerprint density at radius 3 is 3.00 bits per heavy atom. The molecule has 0 radical (unpaired) electrons. The largest absolute Gasteiger partial charge is 0.325 e. The summed E-state index contributed by atoms with van der Waals surface area (Å²) in [6, 6.07) is 1.51. The first-order valence-electron chi connectivity index (χ1n) is 4.05. The van der Waals surface area contributed by atoms with Gasteiger partial charge >= 0.3 is 0 Å². The maximum absolute atomic E-state index is 10.8. The molecule has 2 rings (SSSR count). The summed E-state index contributed by atoms with van der Waals surface area (Å²) in [6.45, 7) is 0.954. The highest BCUT2D eigenvalue weighted by molar-refractivity contribution is 7.71. The Kier molecular flexibility index (Phi) is 1.84. The van der Waals surface area contributed by atoms with Crippen molar-refractivity contribution in [2.45, 2.75) is 19.4 Å². The van der Waals surface area contributed by atoms with Crippen molar-refractivity contribution in [1.82, 2.24) is 9.55 Å². The molecule has 0 amide bonds. The van der Waals surface area contributed by atoms with Gasteiger partial charge in [0.05, 0.1) is 0 Å². The van der Waals surface area contributed by atoms with E-state index in [9.17, 15) is 4.79 Å². The van der Waals surface area contributed by atoms with Crippen LogP contribution in [0.4, 0.5) is 0 Å². The van der Waals surface area contributed by atoms with Crippen molar-refractivity contribution >= 4 is 12.2 Å². The highest BCUT2D eigenvalue weighted by Gasteiger charge is 2.21. The van der Waals surface area contributed by atoms with Crippen molar-refractivity contribution in [3.05, 3.63) is 27.4 Å². The molecule has 0 bridgehead atoms. The SMILES string of the molecule is O=c1ccn(CC2CC2)c(=S)[nH]1. The van der Waals surface area contributed by atoms with Gasteiger partial charge in [0, 0.05) is 18.8 Å². The lowest BCUT2D eigenvalue weighted by molar-refractivity contribution is 0.602. The molecule has 1 saturated carbocycles. The van der Waals surface area contributed by atoms with Gasteiger partial charge in [0.25, 0.3) is 5.56 Å². The second-order valence-electron chi connectivity index (χ2n) is 3.21. The van der Waals surface area contributed by atoms with Crippen LogP contribution < -0.4 is 5.56 Å². The molecule has 1 fully saturated rings. The zero-order valence-electron chi connectivity index (χ0n) is 6.62. The fourth-order valence-electron chi connectivity index (χ4n) is 1.17. The van der Waals surface area contributed by atoms with Crippen molar-refractivity contribution < 1.29 is 0 Å². The first-order valence-corrected chi connectivity index (χ1v) is 4.46. The summed E-state index contributed by atoms with van der Waals surface area (Å²) in [5.41, 5.74) is -0.118. The molecule has 1 aromatic rings. The van der Waals surface area contributed by atoms with Gasteiger partial charge in [-0.15, -0.1) is 0 Å². The molecule has 0 unspecified atom stereocenters. The van der Waals surface area contributed by atoms with Gasteiger partial charge in [-0.05, 0) is 31.0 Å². The predicted octanol–water partition coefficient (Wildman–Crippen LogP) is 1.32. The van der Waals surface area contributed by atoms with Gasteiger partial charge in [0.15, 0.2) is 4.77 Å². The van der Waals surface area contributed by atoms with Gasteiger partial charge in [-0.3, -0.25) is 9.78 Å². The summed E-state index contributed by atoms with van der Waals surface area (Å²) in [4.78, 5) is 13.4. The molecular formula is C8H10N2OS. The Balaban J connectivity index is 2.30. The lowest BCUT2D eigenvalue weighted by Gasteiger charge is -2.02. The van der Waals surface area contributed by atoms with E-state index in [1.54, 1.807) is 6.20 Å². The van der Waals surface area contributed by atoms with Gasteiger partial charge in [-0.2, -0.15) is 0 Å². The third-order valence-electron chi connectivity index (χ3n) is 2.05. The second-order valence-corrected chi connectivity index (χ2v) is 3.59. The number of aromatic amines is 1. The molecule has 1 N–H and O–H groups in total. The molecule has 0 saturated heterocycles. The molecular weight excluding hydrogens is 172 g/mol. The summed E-state index contributed by atoms with van der Waals surface area (Å²) in [5, 5.41) is 0. The van der Waals surface area contributed by atoms with Crippen LogP contribution in [0.2, 0.25) is 0 Å². The molecule has 4 heteroatoms. The van der Waals surface area contributed by atoms with E-state index in [0.29, 0.717) is 4.77 Å². The Labute approximate surface area is 75.1 Å². The van der Waals surface area contributed by atoms with E-state index in [2.05, 4.69) is 4.98 Å². The van der Waals surface area contributed by atoms with Gasteiger partial charge in [-0.25, -0.2) is 0 Å². The van der Waals surface area contributed by atoms with Gasteiger partial charge in [0.1, 0.15) is 0 Å². The van der Waals surface area contributed by atoms with Crippen LogP contribution >= 0.6 is 12.2 Å². The van der Waals surface area contributed by atoms with Crippen LogP contribution in [0.1, 0.15) is 12.8 Å². The summed E-state index contributed by atoms with van der Waals surface area (Å²) in [5.74, 6) is 0.780. The van der Waals surface area contributed by atoms with Crippen LogP contribution in [0.15, 0.2) is 17.1 Å². The molecule has 64 valence electrons. The lowest BCUT2D eigenvalue weighted by atomic mass is 10.4. The van der Waals surface area contributed by atoms with Crippen LogP contribution in [-0.2, 0) is 6.54 Å². The van der Waals surface area contributed by atoms with Crippen molar-refractivity contribution in [1.29, 1.82) is 0 Å². The van der Waals surface area contributed by atoms with E-state index in [1.807, 2.05) is 4.57 Å². The molecule has 12 heavy (non-hydrogen) atoms. The number of rotatable bonds is 2. The highest BCUT2D eigenvalue weighted by atomic mass is 32.1. The number of nitrogens with one attached hydrogen (secondary N) is 1. The molecule has 0 atom stereocenters. The average molecular weight is 182 g/mol. The van der Waals surface area contributed by atoms with Crippen LogP contribution in [0.25, 0.3) is 0 Å². The zero-order chi connectivity index (χ0) is 8.55. The van der Waals surface area contributed by atoms with Crippen LogP contribution in [0.3, 0.4) is 0 Å². The van der Waals surface area contributed by atoms with Crippen LogP contribution in [0, 0.1) is 10.7 Å². The van der Waals surface area contributed by atoms with E-state index < -0.39 is 0 Å². The molecule has 1 heterocycles. The smallest absolute Gasteiger partial charge is 0.251 e. The average Bonchev–Trinajstić information content (AvgIpc) is 2.79. The lowest BCUT2D eigenvalue weighted by Crippen LogP contribution is -2.11. The Morgan fingerprint density at radius 2 is 2.42 bits per heavy atom. The maximum atomic E-state index is 10.8. The van der Waals surface area contributed by atoms with Crippen molar-refractivity contribution in [2.24, 2.45) is 5.92 Å².